The highest BCUT2D eigenvalue weighted by Crippen LogP contribution is 2.21. The van der Waals surface area contributed by atoms with Crippen LogP contribution in [-0.2, 0) is 14.8 Å². The van der Waals surface area contributed by atoms with Crippen molar-refractivity contribution < 1.29 is 17.5 Å². The predicted molar refractivity (Wildman–Crippen MR) is 107 cm³/mol. The monoisotopic (exact) mass is 409 g/mol. The van der Waals surface area contributed by atoms with Crippen LogP contribution in [0.1, 0.15) is 12.8 Å². The number of para-hydroxylation sites is 1. The number of anilines is 2. The number of hydrogen-bond donors (Lipinski definition) is 3. The van der Waals surface area contributed by atoms with E-state index in [0.29, 0.717) is 17.3 Å². The maximum atomic E-state index is 13.7. The molecule has 0 aromatic heterocycles. The van der Waals surface area contributed by atoms with E-state index in [1.165, 1.54) is 30.3 Å². The lowest BCUT2D eigenvalue weighted by Gasteiger charge is -2.15. The van der Waals surface area contributed by atoms with Crippen LogP contribution in [0.15, 0.2) is 53.4 Å². The topological polar surface area (TPSA) is 79.5 Å². The Morgan fingerprint density at radius 1 is 1.22 bits per heavy atom. The Labute approximate surface area is 163 Å². The number of benzene rings is 2. The Bertz CT molecular complexity index is 916. The summed E-state index contributed by atoms with van der Waals surface area (Å²) in [7, 11) is -3.93. The SMILES string of the molecule is O=S(=O)(Nc1ccccc1F)c1cccc(NC(=S)NC[C@H]2CCCO2)c1. The Morgan fingerprint density at radius 3 is 2.78 bits per heavy atom. The third-order valence-electron chi connectivity index (χ3n) is 4.03. The van der Waals surface area contributed by atoms with Crippen molar-refractivity contribution in [1.29, 1.82) is 0 Å². The van der Waals surface area contributed by atoms with Crippen LogP contribution < -0.4 is 15.4 Å². The molecule has 1 fully saturated rings. The van der Waals surface area contributed by atoms with Gasteiger partial charge in [0, 0.05) is 18.8 Å². The number of ether oxygens (including phenoxy) is 1. The van der Waals surface area contributed by atoms with E-state index in [0.717, 1.165) is 19.4 Å². The number of rotatable bonds is 6. The summed E-state index contributed by atoms with van der Waals surface area (Å²) >= 11 is 5.24. The van der Waals surface area contributed by atoms with Gasteiger partial charge in [0.15, 0.2) is 5.11 Å². The number of thiocarbonyl (C=S) groups is 1. The molecule has 3 rings (SSSR count). The maximum absolute atomic E-state index is 13.7. The molecule has 27 heavy (non-hydrogen) atoms. The molecule has 0 saturated carbocycles. The van der Waals surface area contributed by atoms with Gasteiger partial charge in [0.05, 0.1) is 16.7 Å². The van der Waals surface area contributed by atoms with Gasteiger partial charge in [-0.1, -0.05) is 18.2 Å². The molecule has 1 aliphatic heterocycles. The third-order valence-corrected chi connectivity index (χ3v) is 5.64. The Morgan fingerprint density at radius 2 is 2.04 bits per heavy atom. The zero-order valence-electron chi connectivity index (χ0n) is 14.4. The molecule has 1 heterocycles. The van der Waals surface area contributed by atoms with E-state index in [-0.39, 0.29) is 16.7 Å². The second-order valence-electron chi connectivity index (χ2n) is 6.08. The molecule has 9 heteroatoms. The van der Waals surface area contributed by atoms with E-state index in [1.54, 1.807) is 18.2 Å². The quantitative estimate of drug-likeness (QED) is 0.637. The van der Waals surface area contributed by atoms with Crippen LogP contribution in [0.4, 0.5) is 15.8 Å². The van der Waals surface area contributed by atoms with Gasteiger partial charge in [0.25, 0.3) is 10.0 Å². The molecule has 0 amide bonds. The summed E-state index contributed by atoms with van der Waals surface area (Å²) in [6.07, 6.45) is 2.17. The van der Waals surface area contributed by atoms with Crippen LogP contribution in [0.25, 0.3) is 0 Å². The summed E-state index contributed by atoms with van der Waals surface area (Å²) in [5, 5.41) is 6.39. The minimum atomic E-state index is -3.93. The molecule has 1 saturated heterocycles. The smallest absolute Gasteiger partial charge is 0.262 e. The second kappa shape index (κ2) is 8.64. The Balaban J connectivity index is 1.65. The summed E-state index contributed by atoms with van der Waals surface area (Å²) in [6.45, 7) is 1.36. The van der Waals surface area contributed by atoms with Crippen molar-refractivity contribution in [3.05, 3.63) is 54.3 Å². The average Bonchev–Trinajstić information content (AvgIpc) is 3.16. The highest BCUT2D eigenvalue weighted by atomic mass is 32.2. The number of sulfonamides is 1. The molecule has 1 aliphatic rings. The highest BCUT2D eigenvalue weighted by molar-refractivity contribution is 7.92. The first-order valence-electron chi connectivity index (χ1n) is 8.48. The standard InChI is InChI=1S/C18H20FN3O3S2/c19-16-8-1-2-9-17(16)22-27(23,24)15-7-3-5-13(11-15)21-18(26)20-12-14-6-4-10-25-14/h1-3,5,7-9,11,14,22H,4,6,10,12H2,(H2,20,21,26)/t14-/m1/s1. The molecule has 1 atom stereocenters. The first kappa shape index (κ1) is 19.5. The number of hydrogen-bond acceptors (Lipinski definition) is 4. The fraction of sp³-hybridized carbons (Fsp3) is 0.278. The molecule has 0 spiro atoms. The lowest BCUT2D eigenvalue weighted by Crippen LogP contribution is -2.34. The van der Waals surface area contributed by atoms with Crippen LogP contribution in [0, 0.1) is 5.82 Å². The zero-order chi connectivity index (χ0) is 19.3. The average molecular weight is 410 g/mol. The van der Waals surface area contributed by atoms with Gasteiger partial charge in [-0.2, -0.15) is 0 Å². The molecule has 0 radical (unpaired) electrons. The molecule has 0 unspecified atom stereocenters. The lowest BCUT2D eigenvalue weighted by atomic mass is 10.2. The Kier molecular flexibility index (Phi) is 6.25. The van der Waals surface area contributed by atoms with E-state index in [4.69, 9.17) is 17.0 Å². The normalized spacial score (nSPS) is 16.7. The minimum absolute atomic E-state index is 0.00215. The van der Waals surface area contributed by atoms with Gasteiger partial charge < -0.3 is 15.4 Å². The van der Waals surface area contributed by atoms with Gasteiger partial charge in [-0.25, -0.2) is 12.8 Å². The molecule has 2 aromatic rings. The van der Waals surface area contributed by atoms with Gasteiger partial charge in [-0.15, -0.1) is 0 Å². The van der Waals surface area contributed by atoms with Crippen LogP contribution >= 0.6 is 12.2 Å². The number of halogens is 1. The first-order valence-corrected chi connectivity index (χ1v) is 10.4. The van der Waals surface area contributed by atoms with Crippen molar-refractivity contribution in [2.24, 2.45) is 0 Å². The van der Waals surface area contributed by atoms with Crippen LogP contribution in [0.3, 0.4) is 0 Å². The van der Waals surface area contributed by atoms with Crippen LogP contribution in [0.5, 0.6) is 0 Å². The van der Waals surface area contributed by atoms with Gasteiger partial charge in [-0.05, 0) is 55.4 Å². The molecule has 3 N–H and O–H groups in total. The van der Waals surface area contributed by atoms with Crippen LogP contribution in [-0.4, -0.2) is 32.8 Å². The van der Waals surface area contributed by atoms with Crippen molar-refractivity contribution in [2.45, 2.75) is 23.8 Å². The van der Waals surface area contributed by atoms with Gasteiger partial charge in [-0.3, -0.25) is 4.72 Å². The van der Waals surface area contributed by atoms with Gasteiger partial charge in [0.2, 0.25) is 0 Å². The molecule has 0 bridgehead atoms. The van der Waals surface area contributed by atoms with Crippen molar-refractivity contribution in [1.82, 2.24) is 5.32 Å². The summed E-state index contributed by atoms with van der Waals surface area (Å²) in [6, 6.07) is 11.7. The number of nitrogens with one attached hydrogen (secondary N) is 3. The second-order valence-corrected chi connectivity index (χ2v) is 8.17. The predicted octanol–water partition coefficient (Wildman–Crippen LogP) is 3.09. The van der Waals surface area contributed by atoms with E-state index in [2.05, 4.69) is 15.4 Å². The molecule has 2 aromatic carbocycles. The summed E-state index contributed by atoms with van der Waals surface area (Å²) in [4.78, 5) is -0.00215. The molecule has 0 aliphatic carbocycles. The summed E-state index contributed by atoms with van der Waals surface area (Å²) < 4.78 is 46.5. The van der Waals surface area contributed by atoms with Crippen molar-refractivity contribution in [3.8, 4) is 0 Å². The lowest BCUT2D eigenvalue weighted by molar-refractivity contribution is 0.114. The van der Waals surface area contributed by atoms with Gasteiger partial charge in [0.1, 0.15) is 5.82 Å². The first-order chi connectivity index (χ1) is 12.9. The summed E-state index contributed by atoms with van der Waals surface area (Å²) in [5.74, 6) is -0.644. The molecular formula is C18H20FN3O3S2. The van der Waals surface area contributed by atoms with E-state index in [9.17, 15) is 12.8 Å². The fourth-order valence-electron chi connectivity index (χ4n) is 2.68. The third kappa shape index (κ3) is 5.38. The van der Waals surface area contributed by atoms with Crippen molar-refractivity contribution >= 4 is 38.7 Å². The maximum Gasteiger partial charge on any atom is 0.262 e. The summed E-state index contributed by atoms with van der Waals surface area (Å²) in [5.41, 5.74) is 0.404. The fourth-order valence-corrected chi connectivity index (χ4v) is 3.99. The van der Waals surface area contributed by atoms with Gasteiger partial charge >= 0.3 is 0 Å². The van der Waals surface area contributed by atoms with E-state index in [1.807, 2.05) is 0 Å². The van der Waals surface area contributed by atoms with E-state index >= 15 is 0 Å². The highest BCUT2D eigenvalue weighted by Gasteiger charge is 2.17. The largest absolute Gasteiger partial charge is 0.376 e. The van der Waals surface area contributed by atoms with Crippen molar-refractivity contribution in [3.63, 3.8) is 0 Å². The van der Waals surface area contributed by atoms with Crippen LogP contribution in [0.2, 0.25) is 0 Å². The zero-order valence-corrected chi connectivity index (χ0v) is 16.1. The molecule has 144 valence electrons. The molecule has 6 nitrogen and oxygen atoms in total. The van der Waals surface area contributed by atoms with E-state index < -0.39 is 15.8 Å². The Hall–Kier alpha value is -2.23. The molecular weight excluding hydrogens is 389 g/mol. The minimum Gasteiger partial charge on any atom is -0.376 e. The van der Waals surface area contributed by atoms with Crippen molar-refractivity contribution in [2.75, 3.05) is 23.2 Å².